The summed E-state index contributed by atoms with van der Waals surface area (Å²) < 4.78 is 24.3. The molecular weight excluding hydrogens is 435 g/mol. The largest absolute Gasteiger partial charge is 0.370 e. The lowest BCUT2D eigenvalue weighted by atomic mass is 10.0. The van der Waals surface area contributed by atoms with Gasteiger partial charge in [-0.05, 0) is 18.9 Å². The van der Waals surface area contributed by atoms with E-state index in [1.165, 1.54) is 0 Å². The maximum atomic E-state index is 12.2. The summed E-state index contributed by atoms with van der Waals surface area (Å²) in [5, 5.41) is 11.5. The number of carbonyl (C=O) groups excluding carboxylic acids is 1. The number of nitro benzene ring substituents is 1. The molecule has 11 nitrogen and oxygen atoms in total. The molecule has 0 aromatic heterocycles. The highest BCUT2D eigenvalue weighted by Gasteiger charge is 2.30. The molecule has 0 aliphatic carbocycles. The van der Waals surface area contributed by atoms with E-state index in [1.54, 1.807) is 4.90 Å². The molecule has 158 valence electrons. The number of anilines is 1. The number of benzene rings is 1. The van der Waals surface area contributed by atoms with Crippen LogP contribution in [0.15, 0.2) is 22.0 Å². The molecule has 28 heavy (non-hydrogen) atoms. The molecule has 1 aliphatic heterocycles. The molecule has 2 rings (SSSR count). The Morgan fingerprint density at radius 1 is 1.25 bits per heavy atom. The Balaban J connectivity index is 0.00000364. The van der Waals surface area contributed by atoms with Crippen molar-refractivity contribution in [1.29, 1.82) is 0 Å². The van der Waals surface area contributed by atoms with Gasteiger partial charge >= 0.3 is 0 Å². The molecular formula is C14H22Cl2N6O5S. The number of guanidine groups is 1. The number of halogens is 2. The molecule has 0 spiro atoms. The van der Waals surface area contributed by atoms with Gasteiger partial charge in [0.2, 0.25) is 0 Å². The predicted octanol–water partition coefficient (Wildman–Crippen LogP) is 0.183. The van der Waals surface area contributed by atoms with Gasteiger partial charge in [0, 0.05) is 31.5 Å². The van der Waals surface area contributed by atoms with Crippen LogP contribution < -0.4 is 22.1 Å². The summed E-state index contributed by atoms with van der Waals surface area (Å²) in [6, 6.07) is 2.01. The zero-order valence-corrected chi connectivity index (χ0v) is 17.3. The molecule has 0 saturated carbocycles. The van der Waals surface area contributed by atoms with Crippen LogP contribution >= 0.6 is 24.8 Å². The second-order valence-corrected chi connectivity index (χ2v) is 8.02. The summed E-state index contributed by atoms with van der Waals surface area (Å²) in [6.07, 6.45) is 2.12. The number of sulfone groups is 1. The van der Waals surface area contributed by atoms with Crippen LogP contribution in [0.2, 0.25) is 0 Å². The van der Waals surface area contributed by atoms with Crippen molar-refractivity contribution in [2.75, 3.05) is 24.2 Å². The third-order valence-corrected chi connectivity index (χ3v) is 5.15. The van der Waals surface area contributed by atoms with Crippen LogP contribution in [-0.2, 0) is 9.84 Å². The molecule has 1 aromatic carbocycles. The predicted molar refractivity (Wildman–Crippen MR) is 110 cm³/mol. The quantitative estimate of drug-likeness (QED) is 0.245. The van der Waals surface area contributed by atoms with E-state index >= 15 is 0 Å². The lowest BCUT2D eigenvalue weighted by Crippen LogP contribution is -2.40. The molecule has 14 heteroatoms. The second kappa shape index (κ2) is 9.87. The van der Waals surface area contributed by atoms with Gasteiger partial charge in [-0.3, -0.25) is 14.9 Å². The number of piperidine rings is 1. The molecule has 0 radical (unpaired) electrons. The van der Waals surface area contributed by atoms with Crippen LogP contribution in [0, 0.1) is 10.1 Å². The zero-order valence-electron chi connectivity index (χ0n) is 14.9. The number of hydrogen-bond donors (Lipinski definition) is 3. The standard InChI is InChI=1S/C14H20N6O5S.2ClH/c1-26(24,25)12-7-10(19-4-2-8(15)3-5-19)11(20(22)23)6-9(12)13(21)18-14(16)17;;/h6-8H,2-5,15H2,1H3,(H4,16,17,18,21);2*1H. The molecule has 0 unspecified atom stereocenters. The number of carbonyl (C=O) groups is 1. The smallest absolute Gasteiger partial charge is 0.293 e. The fraction of sp³-hybridized carbons (Fsp3) is 0.429. The topological polar surface area (TPSA) is 188 Å². The first-order chi connectivity index (χ1) is 12.0. The Morgan fingerprint density at radius 2 is 1.79 bits per heavy atom. The van der Waals surface area contributed by atoms with Crippen molar-refractivity contribution in [1.82, 2.24) is 0 Å². The number of amides is 1. The summed E-state index contributed by atoms with van der Waals surface area (Å²) in [5.74, 6) is -1.65. The lowest BCUT2D eigenvalue weighted by molar-refractivity contribution is -0.384. The average Bonchev–Trinajstić information content (AvgIpc) is 2.52. The third kappa shape index (κ3) is 5.92. The maximum absolute atomic E-state index is 12.2. The Bertz CT molecular complexity index is 880. The number of aliphatic imine (C=N–C) groups is 1. The molecule has 1 saturated heterocycles. The minimum atomic E-state index is -3.87. The monoisotopic (exact) mass is 456 g/mol. The number of nitrogens with zero attached hydrogens (tertiary/aromatic N) is 3. The molecule has 1 aliphatic rings. The van der Waals surface area contributed by atoms with Gasteiger partial charge in [-0.1, -0.05) is 0 Å². The summed E-state index contributed by atoms with van der Waals surface area (Å²) in [6.45, 7) is 0.874. The van der Waals surface area contributed by atoms with Gasteiger partial charge in [0.25, 0.3) is 11.6 Å². The van der Waals surface area contributed by atoms with Gasteiger partial charge in [0.05, 0.1) is 15.4 Å². The normalized spacial score (nSPS) is 14.4. The van der Waals surface area contributed by atoms with Crippen molar-refractivity contribution in [3.05, 3.63) is 27.8 Å². The molecule has 1 heterocycles. The van der Waals surface area contributed by atoms with Crippen molar-refractivity contribution < 1.29 is 18.1 Å². The van der Waals surface area contributed by atoms with E-state index in [0.717, 1.165) is 18.4 Å². The van der Waals surface area contributed by atoms with Crippen LogP contribution in [-0.4, -0.2) is 50.6 Å². The van der Waals surface area contributed by atoms with E-state index in [2.05, 4.69) is 4.99 Å². The van der Waals surface area contributed by atoms with E-state index in [-0.39, 0.29) is 41.4 Å². The molecule has 1 amide bonds. The van der Waals surface area contributed by atoms with Crippen LogP contribution in [0.3, 0.4) is 0 Å². The van der Waals surface area contributed by atoms with Gasteiger partial charge in [-0.15, -0.1) is 24.8 Å². The van der Waals surface area contributed by atoms with E-state index in [1.807, 2.05) is 0 Å². The first kappa shape index (κ1) is 25.9. The van der Waals surface area contributed by atoms with Crippen molar-refractivity contribution in [2.45, 2.75) is 23.8 Å². The maximum Gasteiger partial charge on any atom is 0.293 e. The fourth-order valence-corrected chi connectivity index (χ4v) is 3.62. The molecule has 0 bridgehead atoms. The van der Waals surface area contributed by atoms with Crippen molar-refractivity contribution >= 4 is 57.9 Å². The summed E-state index contributed by atoms with van der Waals surface area (Å²) in [4.78, 5) is 27.6. The fourth-order valence-electron chi connectivity index (χ4n) is 2.75. The van der Waals surface area contributed by atoms with Gasteiger partial charge in [-0.25, -0.2) is 8.42 Å². The Hall–Kier alpha value is -2.15. The van der Waals surface area contributed by atoms with Crippen molar-refractivity contribution in [2.24, 2.45) is 22.2 Å². The third-order valence-electron chi connectivity index (χ3n) is 4.01. The summed E-state index contributed by atoms with van der Waals surface area (Å²) in [5.41, 5.74) is 15.4. The Labute approximate surface area is 174 Å². The molecule has 1 aromatic rings. The van der Waals surface area contributed by atoms with E-state index in [4.69, 9.17) is 17.2 Å². The highest BCUT2D eigenvalue weighted by molar-refractivity contribution is 7.90. The van der Waals surface area contributed by atoms with Crippen LogP contribution in [0.1, 0.15) is 23.2 Å². The van der Waals surface area contributed by atoms with Gasteiger partial charge < -0.3 is 22.1 Å². The molecule has 6 N–H and O–H groups in total. The number of hydrogen-bond acceptors (Lipinski definition) is 7. The number of nitrogens with two attached hydrogens (primary N) is 3. The van der Waals surface area contributed by atoms with Gasteiger partial charge in [0.1, 0.15) is 5.69 Å². The molecule has 0 atom stereocenters. The minimum absolute atomic E-state index is 0. The van der Waals surface area contributed by atoms with Gasteiger partial charge in [0.15, 0.2) is 15.8 Å². The summed E-state index contributed by atoms with van der Waals surface area (Å²) in [7, 11) is -3.87. The van der Waals surface area contributed by atoms with E-state index in [0.29, 0.717) is 25.9 Å². The Morgan fingerprint density at radius 3 is 2.21 bits per heavy atom. The van der Waals surface area contributed by atoms with Crippen LogP contribution in [0.4, 0.5) is 11.4 Å². The van der Waals surface area contributed by atoms with Crippen LogP contribution in [0.25, 0.3) is 0 Å². The first-order valence-electron chi connectivity index (χ1n) is 7.67. The van der Waals surface area contributed by atoms with E-state index in [9.17, 15) is 23.3 Å². The zero-order chi connectivity index (χ0) is 19.6. The lowest BCUT2D eigenvalue weighted by Gasteiger charge is -2.32. The van der Waals surface area contributed by atoms with E-state index < -0.39 is 37.9 Å². The first-order valence-corrected chi connectivity index (χ1v) is 9.57. The molecule has 1 fully saturated rings. The Kier molecular flexibility index (Phi) is 9.11. The minimum Gasteiger partial charge on any atom is -0.370 e. The van der Waals surface area contributed by atoms with Crippen molar-refractivity contribution in [3.8, 4) is 0 Å². The SMILES string of the molecule is CS(=O)(=O)c1cc(N2CCC(N)CC2)c([N+](=O)[O-])cc1C(=O)N=C(N)N.Cl.Cl. The van der Waals surface area contributed by atoms with Gasteiger partial charge in [-0.2, -0.15) is 4.99 Å². The van der Waals surface area contributed by atoms with Crippen LogP contribution in [0.5, 0.6) is 0 Å². The highest BCUT2D eigenvalue weighted by atomic mass is 35.5. The second-order valence-electron chi connectivity index (χ2n) is 6.03. The summed E-state index contributed by atoms with van der Waals surface area (Å²) >= 11 is 0. The van der Waals surface area contributed by atoms with Crippen molar-refractivity contribution in [3.63, 3.8) is 0 Å². The highest BCUT2D eigenvalue weighted by Crippen LogP contribution is 2.35. The number of rotatable bonds is 4. The average molecular weight is 457 g/mol. The number of nitro groups is 1.